The van der Waals surface area contributed by atoms with E-state index < -0.39 is 17.4 Å². The lowest BCUT2D eigenvalue weighted by Gasteiger charge is -2.22. The molecule has 0 spiro atoms. The third kappa shape index (κ3) is 2.78. The fourth-order valence-corrected chi connectivity index (χ4v) is 3.26. The highest BCUT2D eigenvalue weighted by molar-refractivity contribution is 6.01. The van der Waals surface area contributed by atoms with Crippen LogP contribution in [0.2, 0.25) is 0 Å². The summed E-state index contributed by atoms with van der Waals surface area (Å²) in [6.07, 6.45) is 4.01. The molecule has 1 aromatic heterocycles. The summed E-state index contributed by atoms with van der Waals surface area (Å²) in [4.78, 5) is 37.0. The van der Waals surface area contributed by atoms with Crippen LogP contribution in [0.3, 0.4) is 0 Å². The second-order valence-corrected chi connectivity index (χ2v) is 6.03. The van der Waals surface area contributed by atoms with Gasteiger partial charge in [0, 0.05) is 31.1 Å². The van der Waals surface area contributed by atoms with E-state index in [2.05, 4.69) is 6.92 Å². The van der Waals surface area contributed by atoms with E-state index in [4.69, 9.17) is 9.47 Å². The van der Waals surface area contributed by atoms with Crippen LogP contribution in [0.4, 0.5) is 0 Å². The quantitative estimate of drug-likeness (QED) is 0.605. The topological polar surface area (TPSA) is 74.6 Å². The minimum absolute atomic E-state index is 0.0669. The summed E-state index contributed by atoms with van der Waals surface area (Å²) in [5, 5.41) is 0. The first kappa shape index (κ1) is 17.2. The average molecular weight is 321 g/mol. The zero-order chi connectivity index (χ0) is 17.2. The van der Waals surface area contributed by atoms with Gasteiger partial charge in [0.2, 0.25) is 0 Å². The lowest BCUT2D eigenvalue weighted by Crippen LogP contribution is -2.42. The Hall–Kier alpha value is -2.11. The van der Waals surface area contributed by atoms with Gasteiger partial charge in [0.25, 0.3) is 5.56 Å². The number of hydrogen-bond acceptors (Lipinski definition) is 5. The van der Waals surface area contributed by atoms with Crippen molar-refractivity contribution in [2.45, 2.75) is 46.1 Å². The molecule has 126 valence electrons. The fourth-order valence-electron chi connectivity index (χ4n) is 3.26. The Morgan fingerprint density at radius 3 is 2.35 bits per heavy atom. The molecule has 0 bridgehead atoms. The number of ether oxygens (including phenoxy) is 2. The molecule has 0 amide bonds. The predicted octanol–water partition coefficient (Wildman–Crippen LogP) is 1.39. The number of fused-ring (bicyclic) bond motifs is 1. The van der Waals surface area contributed by atoms with E-state index in [0.717, 1.165) is 24.0 Å². The van der Waals surface area contributed by atoms with Gasteiger partial charge in [0.05, 0.1) is 14.2 Å². The van der Waals surface area contributed by atoms with Crippen molar-refractivity contribution >= 4 is 11.9 Å². The summed E-state index contributed by atoms with van der Waals surface area (Å²) < 4.78 is 11.3. The molecular weight excluding hydrogens is 298 g/mol. The number of esters is 2. The Kier molecular flexibility index (Phi) is 4.92. The molecule has 1 aliphatic rings. The molecule has 0 atom stereocenters. The van der Waals surface area contributed by atoms with Crippen LogP contribution in [0.15, 0.2) is 11.0 Å². The SMILES string of the molecule is CCCCn1cc2c(c(C)c1=O)CC(C(=O)OC)(C(=O)OC)C2. The minimum Gasteiger partial charge on any atom is -0.468 e. The van der Waals surface area contributed by atoms with Crippen molar-refractivity contribution in [2.75, 3.05) is 14.2 Å². The molecule has 0 N–H and O–H groups in total. The molecule has 1 aliphatic carbocycles. The normalized spacial score (nSPS) is 15.1. The molecule has 0 saturated heterocycles. The maximum Gasteiger partial charge on any atom is 0.323 e. The highest BCUT2D eigenvalue weighted by Gasteiger charge is 2.53. The zero-order valence-corrected chi connectivity index (χ0v) is 14.1. The molecule has 2 rings (SSSR count). The van der Waals surface area contributed by atoms with E-state index in [1.807, 2.05) is 0 Å². The summed E-state index contributed by atoms with van der Waals surface area (Å²) in [5.74, 6) is -1.24. The summed E-state index contributed by atoms with van der Waals surface area (Å²) in [6, 6.07) is 0. The smallest absolute Gasteiger partial charge is 0.323 e. The van der Waals surface area contributed by atoms with Crippen molar-refractivity contribution in [2.24, 2.45) is 5.41 Å². The van der Waals surface area contributed by atoms with Crippen molar-refractivity contribution in [3.63, 3.8) is 0 Å². The Bertz CT molecular complexity index is 673. The monoisotopic (exact) mass is 321 g/mol. The zero-order valence-electron chi connectivity index (χ0n) is 14.1. The van der Waals surface area contributed by atoms with E-state index >= 15 is 0 Å². The van der Waals surface area contributed by atoms with Gasteiger partial charge in [0.1, 0.15) is 0 Å². The number of rotatable bonds is 5. The minimum atomic E-state index is -1.38. The molecule has 1 heterocycles. The molecule has 6 heteroatoms. The van der Waals surface area contributed by atoms with E-state index in [-0.39, 0.29) is 18.4 Å². The lowest BCUT2D eigenvalue weighted by atomic mass is 9.84. The van der Waals surface area contributed by atoms with Crippen molar-refractivity contribution in [3.8, 4) is 0 Å². The number of unbranched alkanes of at least 4 members (excludes halogenated alkanes) is 1. The van der Waals surface area contributed by atoms with Gasteiger partial charge in [-0.2, -0.15) is 0 Å². The Balaban J connectivity index is 2.50. The Morgan fingerprint density at radius 1 is 1.22 bits per heavy atom. The molecule has 0 unspecified atom stereocenters. The molecule has 1 aromatic rings. The highest BCUT2D eigenvalue weighted by atomic mass is 16.5. The molecule has 6 nitrogen and oxygen atoms in total. The van der Waals surface area contributed by atoms with Crippen LogP contribution in [0.1, 0.15) is 36.5 Å². The van der Waals surface area contributed by atoms with Crippen molar-refractivity contribution in [1.82, 2.24) is 4.57 Å². The van der Waals surface area contributed by atoms with Crippen LogP contribution in [-0.4, -0.2) is 30.7 Å². The van der Waals surface area contributed by atoms with Gasteiger partial charge >= 0.3 is 11.9 Å². The molecule has 0 aliphatic heterocycles. The number of carbonyl (C=O) groups is 2. The first-order valence-electron chi connectivity index (χ1n) is 7.80. The van der Waals surface area contributed by atoms with Crippen LogP contribution >= 0.6 is 0 Å². The standard InChI is InChI=1S/C17H23NO5/c1-5-6-7-18-10-12-8-17(15(20)22-3,16(21)23-4)9-13(12)11(2)14(18)19/h10H,5-9H2,1-4H3. The van der Waals surface area contributed by atoms with Gasteiger partial charge in [-0.25, -0.2) is 0 Å². The second-order valence-electron chi connectivity index (χ2n) is 6.03. The predicted molar refractivity (Wildman–Crippen MR) is 84.2 cm³/mol. The Labute approximate surface area is 135 Å². The number of aryl methyl sites for hydroxylation is 1. The van der Waals surface area contributed by atoms with Crippen LogP contribution in [0, 0.1) is 12.3 Å². The van der Waals surface area contributed by atoms with Gasteiger partial charge in [-0.1, -0.05) is 13.3 Å². The number of hydrogen-bond donors (Lipinski definition) is 0. The summed E-state index contributed by atoms with van der Waals surface area (Å²) >= 11 is 0. The molecular formula is C17H23NO5. The molecule has 0 aromatic carbocycles. The summed E-state index contributed by atoms with van der Waals surface area (Å²) in [6.45, 7) is 4.44. The van der Waals surface area contributed by atoms with Gasteiger partial charge in [-0.15, -0.1) is 0 Å². The van der Waals surface area contributed by atoms with Gasteiger partial charge in [-0.3, -0.25) is 14.4 Å². The molecule has 0 saturated carbocycles. The van der Waals surface area contributed by atoms with Crippen LogP contribution < -0.4 is 5.56 Å². The van der Waals surface area contributed by atoms with Gasteiger partial charge < -0.3 is 14.0 Å². The van der Waals surface area contributed by atoms with Crippen LogP contribution in [-0.2, 0) is 38.4 Å². The highest BCUT2D eigenvalue weighted by Crippen LogP contribution is 2.39. The van der Waals surface area contributed by atoms with Crippen molar-refractivity contribution in [1.29, 1.82) is 0 Å². The number of methoxy groups -OCH3 is 2. The number of nitrogens with zero attached hydrogens (tertiary/aromatic N) is 1. The molecule has 0 fully saturated rings. The fraction of sp³-hybridized carbons (Fsp3) is 0.588. The maximum absolute atomic E-state index is 12.5. The molecule has 0 radical (unpaired) electrons. The van der Waals surface area contributed by atoms with E-state index in [0.29, 0.717) is 12.1 Å². The number of aromatic nitrogens is 1. The number of carbonyl (C=O) groups excluding carboxylic acids is 2. The lowest BCUT2D eigenvalue weighted by molar-refractivity contribution is -0.168. The van der Waals surface area contributed by atoms with Gasteiger partial charge in [-0.05, 0) is 24.5 Å². The van der Waals surface area contributed by atoms with E-state index in [1.165, 1.54) is 14.2 Å². The van der Waals surface area contributed by atoms with Crippen molar-refractivity contribution < 1.29 is 19.1 Å². The number of pyridine rings is 1. The largest absolute Gasteiger partial charge is 0.468 e. The van der Waals surface area contributed by atoms with E-state index in [9.17, 15) is 14.4 Å². The van der Waals surface area contributed by atoms with E-state index in [1.54, 1.807) is 17.7 Å². The first-order valence-corrected chi connectivity index (χ1v) is 7.80. The summed E-state index contributed by atoms with van der Waals surface area (Å²) in [5.41, 5.74) is 0.746. The Morgan fingerprint density at radius 2 is 1.83 bits per heavy atom. The average Bonchev–Trinajstić information content (AvgIpc) is 2.96. The summed E-state index contributed by atoms with van der Waals surface area (Å²) in [7, 11) is 2.51. The van der Waals surface area contributed by atoms with Gasteiger partial charge in [0.15, 0.2) is 5.41 Å². The second kappa shape index (κ2) is 6.56. The molecule has 23 heavy (non-hydrogen) atoms. The van der Waals surface area contributed by atoms with Crippen molar-refractivity contribution in [3.05, 3.63) is 33.2 Å². The van der Waals surface area contributed by atoms with Crippen LogP contribution in [0.5, 0.6) is 0 Å². The van der Waals surface area contributed by atoms with Crippen LogP contribution in [0.25, 0.3) is 0 Å². The maximum atomic E-state index is 12.5. The first-order chi connectivity index (χ1) is 10.9. The third-order valence-corrected chi connectivity index (χ3v) is 4.61. The third-order valence-electron chi connectivity index (χ3n) is 4.61.